The lowest BCUT2D eigenvalue weighted by atomic mass is 10.3. The second-order valence-electron chi connectivity index (χ2n) is 4.11. The van der Waals surface area contributed by atoms with E-state index in [0.717, 1.165) is 6.54 Å². The Balaban J connectivity index is 2.32. The largest absolute Gasteiger partial charge is 0.344 e. The van der Waals surface area contributed by atoms with Gasteiger partial charge in [-0.25, -0.2) is 0 Å². The molecule has 6 nitrogen and oxygen atoms in total. The highest BCUT2D eigenvalue weighted by Crippen LogP contribution is 2.12. The third-order valence-electron chi connectivity index (χ3n) is 2.83. The highest BCUT2D eigenvalue weighted by molar-refractivity contribution is 6.02. The normalized spacial score (nSPS) is 15.5. The molecule has 0 aliphatic carbocycles. The first kappa shape index (κ1) is 13.6. The van der Waals surface area contributed by atoms with E-state index in [1.165, 1.54) is 4.90 Å². The van der Waals surface area contributed by atoms with Crippen LogP contribution in [0.3, 0.4) is 0 Å². The molecule has 0 aromatic rings. The van der Waals surface area contributed by atoms with Crippen LogP contribution < -0.4 is 5.32 Å². The maximum Gasteiger partial charge on any atom is 0.229 e. The van der Waals surface area contributed by atoms with E-state index in [2.05, 4.69) is 5.32 Å². The Kier molecular flexibility index (Phi) is 5.09. The maximum atomic E-state index is 11.7. The van der Waals surface area contributed by atoms with E-state index in [1.807, 2.05) is 7.05 Å². The van der Waals surface area contributed by atoms with Crippen LogP contribution in [0.25, 0.3) is 0 Å². The summed E-state index contributed by atoms with van der Waals surface area (Å²) in [6.45, 7) is 1.56. The minimum atomic E-state index is -0.166. The van der Waals surface area contributed by atoms with Crippen molar-refractivity contribution in [2.45, 2.75) is 19.3 Å². The minimum Gasteiger partial charge on any atom is -0.344 e. The Morgan fingerprint density at radius 2 is 1.94 bits per heavy atom. The van der Waals surface area contributed by atoms with Crippen molar-refractivity contribution < 1.29 is 14.4 Å². The lowest BCUT2D eigenvalue weighted by Gasteiger charge is -2.19. The molecule has 0 unspecified atom stereocenters. The standard InChI is InChI=1S/C11H19N3O3/c1-12-6-8-13(2)9(15)5-7-14-10(16)3-4-11(14)17/h12H,3-8H2,1-2H3. The van der Waals surface area contributed by atoms with Crippen molar-refractivity contribution >= 4 is 17.7 Å². The number of carbonyl (C=O) groups excluding carboxylic acids is 3. The fraction of sp³-hybridized carbons (Fsp3) is 0.727. The number of nitrogens with zero attached hydrogens (tertiary/aromatic N) is 2. The Labute approximate surface area is 101 Å². The van der Waals surface area contributed by atoms with E-state index in [0.29, 0.717) is 6.54 Å². The first-order chi connectivity index (χ1) is 8.06. The van der Waals surface area contributed by atoms with Gasteiger partial charge in [0.25, 0.3) is 0 Å². The van der Waals surface area contributed by atoms with Crippen LogP contribution in [0.1, 0.15) is 19.3 Å². The van der Waals surface area contributed by atoms with Crippen molar-refractivity contribution in [1.29, 1.82) is 0 Å². The fourth-order valence-electron chi connectivity index (χ4n) is 1.67. The van der Waals surface area contributed by atoms with Crippen molar-refractivity contribution in [2.75, 3.05) is 33.7 Å². The van der Waals surface area contributed by atoms with Crippen molar-refractivity contribution in [3.63, 3.8) is 0 Å². The lowest BCUT2D eigenvalue weighted by molar-refractivity contribution is -0.139. The summed E-state index contributed by atoms with van der Waals surface area (Å²) in [7, 11) is 3.53. The average Bonchev–Trinajstić information content (AvgIpc) is 2.63. The molecule has 0 radical (unpaired) electrons. The second-order valence-corrected chi connectivity index (χ2v) is 4.11. The van der Waals surface area contributed by atoms with Crippen LogP contribution in [0, 0.1) is 0 Å². The van der Waals surface area contributed by atoms with E-state index < -0.39 is 0 Å². The molecule has 1 fully saturated rings. The molecule has 0 atom stereocenters. The molecule has 6 heteroatoms. The van der Waals surface area contributed by atoms with Crippen LogP contribution in [0.2, 0.25) is 0 Å². The van der Waals surface area contributed by atoms with Crippen LogP contribution in [0.15, 0.2) is 0 Å². The zero-order valence-corrected chi connectivity index (χ0v) is 10.4. The first-order valence-corrected chi connectivity index (χ1v) is 5.78. The van der Waals surface area contributed by atoms with Crippen LogP contribution in [0.4, 0.5) is 0 Å². The molecule has 17 heavy (non-hydrogen) atoms. The number of amides is 3. The molecule has 96 valence electrons. The van der Waals surface area contributed by atoms with Crippen molar-refractivity contribution in [1.82, 2.24) is 15.1 Å². The van der Waals surface area contributed by atoms with Gasteiger partial charge in [-0.3, -0.25) is 19.3 Å². The lowest BCUT2D eigenvalue weighted by Crippen LogP contribution is -2.37. The Bertz CT molecular complexity index is 301. The van der Waals surface area contributed by atoms with E-state index >= 15 is 0 Å². The Morgan fingerprint density at radius 3 is 2.47 bits per heavy atom. The Hall–Kier alpha value is -1.43. The molecule has 0 saturated carbocycles. The van der Waals surface area contributed by atoms with Gasteiger partial charge >= 0.3 is 0 Å². The molecule has 1 N–H and O–H groups in total. The van der Waals surface area contributed by atoms with Gasteiger partial charge in [-0.2, -0.15) is 0 Å². The van der Waals surface area contributed by atoms with Crippen molar-refractivity contribution in [3.05, 3.63) is 0 Å². The minimum absolute atomic E-state index is 0.0484. The zero-order chi connectivity index (χ0) is 12.8. The number of hydrogen-bond donors (Lipinski definition) is 1. The molecule has 0 bridgehead atoms. The second kappa shape index (κ2) is 6.34. The third-order valence-corrected chi connectivity index (χ3v) is 2.83. The number of rotatable bonds is 6. The summed E-state index contributed by atoms with van der Waals surface area (Å²) in [6, 6.07) is 0. The Morgan fingerprint density at radius 1 is 1.35 bits per heavy atom. The summed E-state index contributed by atoms with van der Waals surface area (Å²) in [6.07, 6.45) is 0.767. The molecule has 0 aromatic carbocycles. The zero-order valence-electron chi connectivity index (χ0n) is 10.4. The van der Waals surface area contributed by atoms with E-state index in [4.69, 9.17) is 0 Å². The number of carbonyl (C=O) groups is 3. The smallest absolute Gasteiger partial charge is 0.229 e. The average molecular weight is 241 g/mol. The van der Waals surface area contributed by atoms with Gasteiger partial charge in [0.1, 0.15) is 0 Å². The van der Waals surface area contributed by atoms with Gasteiger partial charge < -0.3 is 10.2 Å². The topological polar surface area (TPSA) is 69.7 Å². The van der Waals surface area contributed by atoms with Crippen LogP contribution in [-0.4, -0.2) is 61.3 Å². The number of hydrogen-bond acceptors (Lipinski definition) is 4. The summed E-state index contributed by atoms with van der Waals surface area (Å²) in [4.78, 5) is 37.1. The van der Waals surface area contributed by atoms with Crippen LogP contribution in [0.5, 0.6) is 0 Å². The van der Waals surface area contributed by atoms with E-state index in [1.54, 1.807) is 11.9 Å². The van der Waals surface area contributed by atoms with E-state index in [9.17, 15) is 14.4 Å². The molecule has 1 aliphatic rings. The van der Waals surface area contributed by atoms with Gasteiger partial charge in [0.05, 0.1) is 0 Å². The third kappa shape index (κ3) is 3.81. The summed E-state index contributed by atoms with van der Waals surface area (Å²) < 4.78 is 0. The molecule has 0 aromatic heterocycles. The van der Waals surface area contributed by atoms with Crippen molar-refractivity contribution in [2.24, 2.45) is 0 Å². The summed E-state index contributed by atoms with van der Waals surface area (Å²) in [5, 5.41) is 2.95. The number of likely N-dealkylation sites (tertiary alicyclic amines) is 1. The number of nitrogens with one attached hydrogen (secondary N) is 1. The van der Waals surface area contributed by atoms with Crippen LogP contribution >= 0.6 is 0 Å². The van der Waals surface area contributed by atoms with Gasteiger partial charge in [0, 0.05) is 45.9 Å². The van der Waals surface area contributed by atoms with Gasteiger partial charge in [-0.05, 0) is 7.05 Å². The SMILES string of the molecule is CNCCN(C)C(=O)CCN1C(=O)CCC1=O. The predicted molar refractivity (Wildman–Crippen MR) is 62.1 cm³/mol. The highest BCUT2D eigenvalue weighted by Gasteiger charge is 2.28. The monoisotopic (exact) mass is 241 g/mol. The number of imide groups is 1. The molecule has 0 spiro atoms. The van der Waals surface area contributed by atoms with Crippen molar-refractivity contribution in [3.8, 4) is 0 Å². The summed E-state index contributed by atoms with van der Waals surface area (Å²) >= 11 is 0. The fourth-order valence-corrected chi connectivity index (χ4v) is 1.67. The first-order valence-electron chi connectivity index (χ1n) is 5.78. The maximum absolute atomic E-state index is 11.7. The molecular formula is C11H19N3O3. The summed E-state index contributed by atoms with van der Waals surface area (Å²) in [5.74, 6) is -0.380. The van der Waals surface area contributed by atoms with E-state index in [-0.39, 0.29) is 43.5 Å². The van der Waals surface area contributed by atoms with Gasteiger partial charge in [-0.15, -0.1) is 0 Å². The molecule has 1 aliphatic heterocycles. The number of likely N-dealkylation sites (N-methyl/N-ethyl adjacent to an activating group) is 2. The molecule has 1 rings (SSSR count). The molecule has 3 amide bonds. The molecular weight excluding hydrogens is 222 g/mol. The van der Waals surface area contributed by atoms with Gasteiger partial charge in [-0.1, -0.05) is 0 Å². The molecule has 1 heterocycles. The highest BCUT2D eigenvalue weighted by atomic mass is 16.2. The predicted octanol–water partition coefficient (Wildman–Crippen LogP) is -0.797. The van der Waals surface area contributed by atoms with Gasteiger partial charge in [0.2, 0.25) is 17.7 Å². The van der Waals surface area contributed by atoms with Gasteiger partial charge in [0.15, 0.2) is 0 Å². The quantitative estimate of drug-likeness (QED) is 0.618. The summed E-state index contributed by atoms with van der Waals surface area (Å²) in [5.41, 5.74) is 0. The molecule has 1 saturated heterocycles. The van der Waals surface area contributed by atoms with Crippen LogP contribution in [-0.2, 0) is 14.4 Å².